The van der Waals surface area contributed by atoms with Crippen LogP contribution in [0.15, 0.2) is 0 Å². The van der Waals surface area contributed by atoms with Crippen molar-refractivity contribution in [2.24, 2.45) is 0 Å². The number of likely N-dealkylation sites (tertiary alicyclic amines) is 1. The lowest BCUT2D eigenvalue weighted by atomic mass is 10.2. The smallest absolute Gasteiger partial charge is 0.411 e. The first kappa shape index (κ1) is 20.1. The zero-order valence-electron chi connectivity index (χ0n) is 15.3. The molecule has 1 heterocycles. The lowest BCUT2D eigenvalue weighted by molar-refractivity contribution is -0.138. The van der Waals surface area contributed by atoms with Crippen LogP contribution in [-0.4, -0.2) is 69.9 Å². The number of amides is 2. The summed E-state index contributed by atoms with van der Waals surface area (Å²) in [5.74, 6) is -1.13. The standard InChI is InChI=1S/C16H28N2O6/c1-15(2,3)23-13(21)17-8-7-11(9-17)18(10-12(19)20)14(22)24-16(4,5)6/h11H,7-10H2,1-6H3,(H,19,20)/t11-/m1/s1. The lowest BCUT2D eigenvalue weighted by Crippen LogP contribution is -2.47. The molecule has 8 nitrogen and oxygen atoms in total. The Morgan fingerprint density at radius 3 is 2.08 bits per heavy atom. The molecule has 0 aromatic carbocycles. The molecular formula is C16H28N2O6. The largest absolute Gasteiger partial charge is 0.480 e. The highest BCUT2D eigenvalue weighted by Crippen LogP contribution is 2.21. The van der Waals surface area contributed by atoms with Crippen LogP contribution in [0, 0.1) is 0 Å². The number of carboxylic acid groups (broad SMARTS) is 1. The van der Waals surface area contributed by atoms with Gasteiger partial charge in [0.1, 0.15) is 17.7 Å². The Balaban J connectivity index is 2.77. The van der Waals surface area contributed by atoms with Gasteiger partial charge in [0, 0.05) is 13.1 Å². The molecule has 2 amide bonds. The average molecular weight is 344 g/mol. The molecule has 1 fully saturated rings. The minimum Gasteiger partial charge on any atom is -0.480 e. The topological polar surface area (TPSA) is 96.4 Å². The van der Waals surface area contributed by atoms with Crippen molar-refractivity contribution < 1.29 is 29.0 Å². The second-order valence-corrected chi connectivity index (χ2v) is 7.87. The summed E-state index contributed by atoms with van der Waals surface area (Å²) in [6.07, 6.45) is -0.684. The van der Waals surface area contributed by atoms with Crippen molar-refractivity contribution in [1.29, 1.82) is 0 Å². The van der Waals surface area contributed by atoms with Gasteiger partial charge in [-0.05, 0) is 48.0 Å². The Bertz CT molecular complexity index is 492. The maximum Gasteiger partial charge on any atom is 0.411 e. The number of hydrogen-bond donors (Lipinski definition) is 1. The third-order valence-electron chi connectivity index (χ3n) is 3.19. The van der Waals surface area contributed by atoms with Crippen molar-refractivity contribution in [1.82, 2.24) is 9.80 Å². The van der Waals surface area contributed by atoms with E-state index in [1.807, 2.05) is 0 Å². The Kier molecular flexibility index (Phi) is 6.08. The Hall–Kier alpha value is -1.99. The molecule has 1 aliphatic heterocycles. The molecule has 0 bridgehead atoms. The van der Waals surface area contributed by atoms with Crippen LogP contribution in [0.2, 0.25) is 0 Å². The summed E-state index contributed by atoms with van der Waals surface area (Å²) in [6, 6.07) is -0.413. The predicted molar refractivity (Wildman–Crippen MR) is 86.8 cm³/mol. The molecule has 0 unspecified atom stereocenters. The molecule has 138 valence electrons. The van der Waals surface area contributed by atoms with Gasteiger partial charge in [0.05, 0.1) is 6.04 Å². The van der Waals surface area contributed by atoms with Crippen molar-refractivity contribution in [3.05, 3.63) is 0 Å². The first-order valence-electron chi connectivity index (χ1n) is 7.98. The van der Waals surface area contributed by atoms with E-state index < -0.39 is 41.9 Å². The predicted octanol–water partition coefficient (Wildman–Crippen LogP) is 2.32. The molecule has 24 heavy (non-hydrogen) atoms. The SMILES string of the molecule is CC(C)(C)OC(=O)N1CC[C@@H](N(CC(=O)O)C(=O)OC(C)(C)C)C1. The van der Waals surface area contributed by atoms with E-state index in [1.165, 1.54) is 4.90 Å². The highest BCUT2D eigenvalue weighted by atomic mass is 16.6. The van der Waals surface area contributed by atoms with E-state index in [0.29, 0.717) is 13.0 Å². The fourth-order valence-electron chi connectivity index (χ4n) is 2.30. The first-order valence-corrected chi connectivity index (χ1v) is 7.98. The fourth-order valence-corrected chi connectivity index (χ4v) is 2.30. The van der Waals surface area contributed by atoms with E-state index in [-0.39, 0.29) is 6.54 Å². The highest BCUT2D eigenvalue weighted by molar-refractivity contribution is 5.77. The van der Waals surface area contributed by atoms with Gasteiger partial charge in [-0.1, -0.05) is 0 Å². The molecule has 1 rings (SSSR count). The summed E-state index contributed by atoms with van der Waals surface area (Å²) in [5, 5.41) is 9.06. The van der Waals surface area contributed by atoms with Gasteiger partial charge in [-0.3, -0.25) is 9.69 Å². The van der Waals surface area contributed by atoms with Gasteiger partial charge in [-0.15, -0.1) is 0 Å². The molecule has 8 heteroatoms. The summed E-state index contributed by atoms with van der Waals surface area (Å²) in [4.78, 5) is 38.1. The molecule has 1 N–H and O–H groups in total. The van der Waals surface area contributed by atoms with Crippen LogP contribution in [0.5, 0.6) is 0 Å². The van der Waals surface area contributed by atoms with Crippen molar-refractivity contribution >= 4 is 18.2 Å². The molecule has 0 aliphatic carbocycles. The van der Waals surface area contributed by atoms with Crippen molar-refractivity contribution in [2.75, 3.05) is 19.6 Å². The van der Waals surface area contributed by atoms with Crippen LogP contribution < -0.4 is 0 Å². The van der Waals surface area contributed by atoms with Crippen LogP contribution >= 0.6 is 0 Å². The van der Waals surface area contributed by atoms with E-state index in [9.17, 15) is 14.4 Å². The zero-order valence-corrected chi connectivity index (χ0v) is 15.3. The van der Waals surface area contributed by atoms with E-state index in [4.69, 9.17) is 14.6 Å². The molecular weight excluding hydrogens is 316 g/mol. The number of hydrogen-bond acceptors (Lipinski definition) is 5. The average Bonchev–Trinajstić information content (AvgIpc) is 2.80. The maximum atomic E-state index is 12.3. The number of carbonyl (C=O) groups is 3. The summed E-state index contributed by atoms with van der Waals surface area (Å²) in [6.45, 7) is 10.6. The highest BCUT2D eigenvalue weighted by Gasteiger charge is 2.37. The molecule has 0 spiro atoms. The number of carboxylic acids is 1. The fraction of sp³-hybridized carbons (Fsp3) is 0.812. The molecule has 0 saturated carbocycles. The third-order valence-corrected chi connectivity index (χ3v) is 3.19. The van der Waals surface area contributed by atoms with Gasteiger partial charge in [0.25, 0.3) is 0 Å². The van der Waals surface area contributed by atoms with Gasteiger partial charge >= 0.3 is 18.2 Å². The molecule has 0 radical (unpaired) electrons. The second-order valence-electron chi connectivity index (χ2n) is 7.87. The monoisotopic (exact) mass is 344 g/mol. The maximum absolute atomic E-state index is 12.3. The van der Waals surface area contributed by atoms with Gasteiger partial charge in [-0.25, -0.2) is 9.59 Å². The summed E-state index contributed by atoms with van der Waals surface area (Å²) in [5.41, 5.74) is -1.33. The zero-order chi connectivity index (χ0) is 18.7. The Labute approximate surface area is 142 Å². The van der Waals surface area contributed by atoms with E-state index in [0.717, 1.165) is 4.90 Å². The molecule has 1 aliphatic rings. The van der Waals surface area contributed by atoms with Crippen molar-refractivity contribution in [3.8, 4) is 0 Å². The number of rotatable bonds is 3. The Morgan fingerprint density at radius 2 is 1.62 bits per heavy atom. The van der Waals surface area contributed by atoms with Crippen molar-refractivity contribution in [2.45, 2.75) is 65.2 Å². The number of nitrogens with zero attached hydrogens (tertiary/aromatic N) is 2. The van der Waals surface area contributed by atoms with Crippen LogP contribution in [0.3, 0.4) is 0 Å². The third kappa shape index (κ3) is 6.64. The van der Waals surface area contributed by atoms with Crippen molar-refractivity contribution in [3.63, 3.8) is 0 Å². The van der Waals surface area contributed by atoms with Crippen LogP contribution in [0.4, 0.5) is 9.59 Å². The summed E-state index contributed by atoms with van der Waals surface area (Å²) >= 11 is 0. The van der Waals surface area contributed by atoms with Crippen LogP contribution in [-0.2, 0) is 14.3 Å². The van der Waals surface area contributed by atoms with Gasteiger partial charge in [-0.2, -0.15) is 0 Å². The van der Waals surface area contributed by atoms with E-state index in [1.54, 1.807) is 41.5 Å². The number of aliphatic carboxylic acids is 1. The molecule has 1 saturated heterocycles. The van der Waals surface area contributed by atoms with Crippen LogP contribution in [0.1, 0.15) is 48.0 Å². The summed E-state index contributed by atoms with van der Waals surface area (Å²) in [7, 11) is 0. The second kappa shape index (κ2) is 7.27. The number of carbonyl (C=O) groups excluding carboxylic acids is 2. The van der Waals surface area contributed by atoms with E-state index >= 15 is 0 Å². The van der Waals surface area contributed by atoms with Gasteiger partial charge in [0.2, 0.25) is 0 Å². The summed E-state index contributed by atoms with van der Waals surface area (Å²) < 4.78 is 10.6. The van der Waals surface area contributed by atoms with Gasteiger partial charge in [0.15, 0.2) is 0 Å². The van der Waals surface area contributed by atoms with Gasteiger partial charge < -0.3 is 19.5 Å². The Morgan fingerprint density at radius 1 is 1.08 bits per heavy atom. The molecule has 0 aromatic heterocycles. The van der Waals surface area contributed by atoms with E-state index in [2.05, 4.69) is 0 Å². The normalized spacial score (nSPS) is 18.2. The molecule has 1 atom stereocenters. The molecule has 0 aromatic rings. The minimum absolute atomic E-state index is 0.224. The lowest BCUT2D eigenvalue weighted by Gasteiger charge is -2.30. The first-order chi connectivity index (χ1) is 10.8. The van der Waals surface area contributed by atoms with Crippen LogP contribution in [0.25, 0.3) is 0 Å². The number of ether oxygens (including phenoxy) is 2. The minimum atomic E-state index is -1.13. The quantitative estimate of drug-likeness (QED) is 0.844.